The van der Waals surface area contributed by atoms with E-state index >= 15 is 0 Å². The van der Waals surface area contributed by atoms with Crippen LogP contribution in [0.5, 0.6) is 0 Å². The van der Waals surface area contributed by atoms with Crippen LogP contribution in [0.3, 0.4) is 0 Å². The molecular weight excluding hydrogens is 328 g/mol. The van der Waals surface area contributed by atoms with Crippen molar-refractivity contribution in [3.8, 4) is 11.8 Å². The highest BCUT2D eigenvalue weighted by atomic mass is 35.5. The molecule has 0 saturated carbocycles. The minimum atomic E-state index is 0.348. The predicted octanol–water partition coefficient (Wildman–Crippen LogP) is 4.27. The first-order valence-electron chi connectivity index (χ1n) is 6.91. The smallest absolute Gasteiger partial charge is 0.146 e. The summed E-state index contributed by atoms with van der Waals surface area (Å²) in [5.41, 5.74) is 8.30. The lowest BCUT2D eigenvalue weighted by molar-refractivity contribution is 0.845. The maximum Gasteiger partial charge on any atom is 0.146 e. The lowest BCUT2D eigenvalue weighted by Crippen LogP contribution is -2.01. The summed E-state index contributed by atoms with van der Waals surface area (Å²) >= 11 is 7.62. The van der Waals surface area contributed by atoms with E-state index in [0.29, 0.717) is 27.2 Å². The fourth-order valence-electron chi connectivity index (χ4n) is 2.14. The average Bonchev–Trinajstić information content (AvgIpc) is 2.90. The van der Waals surface area contributed by atoms with Gasteiger partial charge in [0.05, 0.1) is 5.69 Å². The molecule has 0 atom stereocenters. The average molecular weight is 341 g/mol. The summed E-state index contributed by atoms with van der Waals surface area (Å²) in [5, 5.41) is 15.2. The second-order valence-electron chi connectivity index (χ2n) is 4.80. The van der Waals surface area contributed by atoms with Crippen molar-refractivity contribution in [1.82, 2.24) is 9.78 Å². The largest absolute Gasteiger partial charge is 0.382 e. The van der Waals surface area contributed by atoms with Crippen LogP contribution in [0.4, 0.5) is 5.82 Å². The van der Waals surface area contributed by atoms with Crippen LogP contribution in [0.2, 0.25) is 5.02 Å². The number of nitrogens with two attached hydrogens (primary N) is 1. The van der Waals surface area contributed by atoms with Crippen LogP contribution in [-0.2, 0) is 5.75 Å². The van der Waals surface area contributed by atoms with Gasteiger partial charge in [-0.1, -0.05) is 59.8 Å². The van der Waals surface area contributed by atoms with E-state index in [4.69, 9.17) is 17.3 Å². The van der Waals surface area contributed by atoms with Crippen LogP contribution in [0.1, 0.15) is 11.1 Å². The van der Waals surface area contributed by atoms with Gasteiger partial charge in [0.15, 0.2) is 0 Å². The van der Waals surface area contributed by atoms with Crippen LogP contribution < -0.4 is 5.73 Å². The summed E-state index contributed by atoms with van der Waals surface area (Å²) in [4.78, 5) is 0. The van der Waals surface area contributed by atoms with E-state index in [1.807, 2.05) is 54.6 Å². The molecular formula is C17H13ClN4S. The molecule has 0 amide bonds. The van der Waals surface area contributed by atoms with E-state index in [2.05, 4.69) is 11.2 Å². The van der Waals surface area contributed by atoms with Crippen molar-refractivity contribution in [2.45, 2.75) is 10.8 Å². The molecule has 0 bridgehead atoms. The van der Waals surface area contributed by atoms with Gasteiger partial charge in [0, 0.05) is 10.8 Å². The molecule has 1 aromatic heterocycles. The molecule has 3 rings (SSSR count). The normalized spacial score (nSPS) is 10.4. The Labute approximate surface area is 143 Å². The van der Waals surface area contributed by atoms with Gasteiger partial charge in [0.1, 0.15) is 22.5 Å². The minimum absolute atomic E-state index is 0.348. The van der Waals surface area contributed by atoms with Gasteiger partial charge in [-0.3, -0.25) is 0 Å². The molecule has 2 aromatic carbocycles. The number of hydrogen-bond donors (Lipinski definition) is 1. The molecule has 0 aliphatic rings. The monoisotopic (exact) mass is 340 g/mol. The first kappa shape index (κ1) is 15.5. The number of nitrogen functional groups attached to an aromatic ring is 1. The van der Waals surface area contributed by atoms with Gasteiger partial charge in [-0.25, -0.2) is 4.68 Å². The molecule has 3 aromatic rings. The van der Waals surface area contributed by atoms with E-state index in [1.54, 1.807) is 4.68 Å². The lowest BCUT2D eigenvalue weighted by Gasteiger charge is -2.03. The summed E-state index contributed by atoms with van der Waals surface area (Å²) in [5.74, 6) is 0.972. The number of rotatable bonds is 4. The van der Waals surface area contributed by atoms with E-state index in [1.165, 1.54) is 11.8 Å². The van der Waals surface area contributed by atoms with Crippen molar-refractivity contribution >= 4 is 29.2 Å². The summed E-state index contributed by atoms with van der Waals surface area (Å²) in [7, 11) is 0. The Kier molecular flexibility index (Phi) is 4.56. The Hall–Kier alpha value is -2.42. The van der Waals surface area contributed by atoms with Crippen LogP contribution in [0, 0.1) is 11.3 Å². The van der Waals surface area contributed by atoms with Gasteiger partial charge in [-0.2, -0.15) is 10.4 Å². The molecule has 0 aliphatic heterocycles. The maximum absolute atomic E-state index is 9.39. The van der Waals surface area contributed by atoms with Crippen molar-refractivity contribution in [3.63, 3.8) is 0 Å². The number of nitrogens with zero attached hydrogens (tertiary/aromatic N) is 3. The van der Waals surface area contributed by atoms with Crippen molar-refractivity contribution in [1.29, 1.82) is 5.26 Å². The molecule has 23 heavy (non-hydrogen) atoms. The van der Waals surface area contributed by atoms with Gasteiger partial charge in [-0.15, -0.1) is 0 Å². The fourth-order valence-corrected chi connectivity index (χ4v) is 3.40. The first-order valence-corrected chi connectivity index (χ1v) is 8.27. The third kappa shape index (κ3) is 3.19. The molecule has 114 valence electrons. The van der Waals surface area contributed by atoms with E-state index in [0.717, 1.165) is 11.3 Å². The van der Waals surface area contributed by atoms with Gasteiger partial charge < -0.3 is 5.73 Å². The number of thioether (sulfide) groups is 1. The minimum Gasteiger partial charge on any atom is -0.382 e. The van der Waals surface area contributed by atoms with E-state index in [-0.39, 0.29) is 0 Å². The van der Waals surface area contributed by atoms with Crippen LogP contribution >= 0.6 is 23.4 Å². The van der Waals surface area contributed by atoms with Crippen molar-refractivity contribution < 1.29 is 0 Å². The topological polar surface area (TPSA) is 67.6 Å². The SMILES string of the molecule is N#Cc1c(SCc2ccccc2Cl)nn(-c2ccccc2)c1N. The van der Waals surface area contributed by atoms with Crippen LogP contribution in [0.15, 0.2) is 59.6 Å². The number of hydrogen-bond acceptors (Lipinski definition) is 4. The van der Waals surface area contributed by atoms with E-state index < -0.39 is 0 Å². The lowest BCUT2D eigenvalue weighted by atomic mass is 10.2. The Bertz CT molecular complexity index is 868. The fraction of sp³-hybridized carbons (Fsp3) is 0.0588. The number of benzene rings is 2. The zero-order valence-corrected chi connectivity index (χ0v) is 13.7. The number of para-hydroxylation sites is 1. The number of halogens is 1. The third-order valence-corrected chi connectivity index (χ3v) is 4.71. The standard InChI is InChI=1S/C17H13ClN4S/c18-15-9-5-4-6-12(15)11-23-17-14(10-19)16(20)22(21-17)13-7-2-1-3-8-13/h1-9H,11,20H2. The molecule has 0 unspecified atom stereocenters. The van der Waals surface area contributed by atoms with Crippen molar-refractivity contribution in [2.75, 3.05) is 5.73 Å². The highest BCUT2D eigenvalue weighted by molar-refractivity contribution is 7.98. The number of nitriles is 1. The van der Waals surface area contributed by atoms with Crippen molar-refractivity contribution in [2.24, 2.45) is 0 Å². The highest BCUT2D eigenvalue weighted by Crippen LogP contribution is 2.31. The molecule has 6 heteroatoms. The van der Waals surface area contributed by atoms with Gasteiger partial charge in [0.25, 0.3) is 0 Å². The molecule has 4 nitrogen and oxygen atoms in total. The van der Waals surface area contributed by atoms with Gasteiger partial charge in [0.2, 0.25) is 0 Å². The van der Waals surface area contributed by atoms with Crippen LogP contribution in [0.25, 0.3) is 5.69 Å². The summed E-state index contributed by atoms with van der Waals surface area (Å²) in [6.07, 6.45) is 0. The molecule has 2 N–H and O–H groups in total. The predicted molar refractivity (Wildman–Crippen MR) is 93.7 cm³/mol. The molecule has 1 heterocycles. The molecule has 0 spiro atoms. The zero-order valence-electron chi connectivity index (χ0n) is 12.1. The highest BCUT2D eigenvalue weighted by Gasteiger charge is 2.17. The third-order valence-electron chi connectivity index (χ3n) is 3.32. The quantitative estimate of drug-likeness (QED) is 0.720. The van der Waals surface area contributed by atoms with Gasteiger partial charge >= 0.3 is 0 Å². The Morgan fingerprint density at radius 2 is 1.83 bits per heavy atom. The maximum atomic E-state index is 9.39. The summed E-state index contributed by atoms with van der Waals surface area (Å²) in [6.45, 7) is 0. The van der Waals surface area contributed by atoms with Crippen molar-refractivity contribution in [3.05, 3.63) is 70.7 Å². The van der Waals surface area contributed by atoms with Gasteiger partial charge in [-0.05, 0) is 23.8 Å². The number of aromatic nitrogens is 2. The number of anilines is 1. The zero-order chi connectivity index (χ0) is 16.2. The summed E-state index contributed by atoms with van der Waals surface area (Å²) < 4.78 is 1.59. The molecule has 0 saturated heterocycles. The second kappa shape index (κ2) is 6.78. The Balaban J connectivity index is 1.91. The second-order valence-corrected chi connectivity index (χ2v) is 6.18. The molecule has 0 aliphatic carbocycles. The summed E-state index contributed by atoms with van der Waals surface area (Å²) in [6, 6.07) is 19.3. The molecule has 0 fully saturated rings. The van der Waals surface area contributed by atoms with Crippen LogP contribution in [-0.4, -0.2) is 9.78 Å². The Morgan fingerprint density at radius 3 is 2.52 bits per heavy atom. The Morgan fingerprint density at radius 1 is 1.13 bits per heavy atom. The van der Waals surface area contributed by atoms with E-state index in [9.17, 15) is 5.26 Å². The molecule has 0 radical (unpaired) electrons. The first-order chi connectivity index (χ1) is 11.2.